The van der Waals surface area contributed by atoms with Gasteiger partial charge in [0.15, 0.2) is 0 Å². The highest BCUT2D eigenvalue weighted by atomic mass is 32.1. The molecular formula is C20H20N4O3S. The first-order chi connectivity index (χ1) is 13.5. The first-order valence-corrected chi connectivity index (χ1v) is 9.96. The molecule has 1 aliphatic heterocycles. The number of rotatable bonds is 4. The number of hydrogen-bond acceptors (Lipinski definition) is 5. The Hall–Kier alpha value is -3.00. The summed E-state index contributed by atoms with van der Waals surface area (Å²) in [6, 6.07) is 9.43. The van der Waals surface area contributed by atoms with Crippen molar-refractivity contribution in [3.8, 4) is 0 Å². The number of carbonyl (C=O) groups is 2. The summed E-state index contributed by atoms with van der Waals surface area (Å²) in [5.41, 5.74) is 4.17. The maximum Gasteiger partial charge on any atom is 0.280 e. The summed E-state index contributed by atoms with van der Waals surface area (Å²) in [7, 11) is 0. The van der Waals surface area contributed by atoms with E-state index in [1.165, 1.54) is 17.7 Å². The predicted molar refractivity (Wildman–Crippen MR) is 109 cm³/mol. The second-order valence-electron chi connectivity index (χ2n) is 6.92. The lowest BCUT2D eigenvalue weighted by Gasteiger charge is -2.17. The van der Waals surface area contributed by atoms with Gasteiger partial charge in [0.25, 0.3) is 5.56 Å². The molecule has 0 spiro atoms. The van der Waals surface area contributed by atoms with Crippen LogP contribution < -0.4 is 15.9 Å². The Morgan fingerprint density at radius 3 is 2.75 bits per heavy atom. The third kappa shape index (κ3) is 3.31. The summed E-state index contributed by atoms with van der Waals surface area (Å²) in [6.07, 6.45) is 2.27. The van der Waals surface area contributed by atoms with Gasteiger partial charge in [-0.05, 0) is 31.5 Å². The maximum atomic E-state index is 12.7. The van der Waals surface area contributed by atoms with Crippen molar-refractivity contribution in [2.24, 2.45) is 5.92 Å². The number of fused-ring (bicyclic) bond motifs is 1. The third-order valence-electron chi connectivity index (χ3n) is 4.92. The molecule has 4 rings (SSSR count). The summed E-state index contributed by atoms with van der Waals surface area (Å²) in [4.78, 5) is 45.3. The van der Waals surface area contributed by atoms with E-state index in [0.29, 0.717) is 10.2 Å². The van der Waals surface area contributed by atoms with Gasteiger partial charge in [-0.15, -0.1) is 11.3 Å². The van der Waals surface area contributed by atoms with Crippen LogP contribution in [0, 0.1) is 12.8 Å². The molecule has 0 saturated carbocycles. The van der Waals surface area contributed by atoms with E-state index in [1.807, 2.05) is 44.2 Å². The molecule has 0 unspecified atom stereocenters. The van der Waals surface area contributed by atoms with Gasteiger partial charge in [-0.1, -0.05) is 24.6 Å². The highest BCUT2D eigenvalue weighted by Crippen LogP contribution is 2.26. The van der Waals surface area contributed by atoms with Crippen LogP contribution >= 0.6 is 11.3 Å². The van der Waals surface area contributed by atoms with Crippen LogP contribution in [0.25, 0.3) is 10.2 Å². The Balaban J connectivity index is 1.52. The number of benzene rings is 1. The molecule has 0 radical (unpaired) electrons. The largest absolute Gasteiger partial charge is 0.312 e. The molecule has 1 aliphatic rings. The second kappa shape index (κ2) is 7.20. The molecular weight excluding hydrogens is 376 g/mol. The van der Waals surface area contributed by atoms with Gasteiger partial charge >= 0.3 is 0 Å². The molecule has 1 aromatic carbocycles. The lowest BCUT2D eigenvalue weighted by molar-refractivity contribution is -0.123. The smallest absolute Gasteiger partial charge is 0.280 e. The lowest BCUT2D eigenvalue weighted by atomic mass is 10.1. The molecule has 1 N–H and O–H groups in total. The first-order valence-electron chi connectivity index (χ1n) is 9.14. The van der Waals surface area contributed by atoms with E-state index in [-0.39, 0.29) is 30.3 Å². The number of nitrogens with zero attached hydrogens (tertiary/aromatic N) is 3. The Labute approximate surface area is 165 Å². The van der Waals surface area contributed by atoms with E-state index in [9.17, 15) is 14.4 Å². The zero-order valence-corrected chi connectivity index (χ0v) is 16.5. The van der Waals surface area contributed by atoms with Gasteiger partial charge in [-0.3, -0.25) is 19.8 Å². The van der Waals surface area contributed by atoms with Gasteiger partial charge in [0, 0.05) is 23.5 Å². The zero-order valence-electron chi connectivity index (χ0n) is 15.6. The fourth-order valence-corrected chi connectivity index (χ4v) is 4.22. The monoisotopic (exact) mass is 396 g/mol. The molecule has 1 saturated heterocycles. The standard InChI is InChI=1S/C20H20N4O3S/c1-3-15-9-16-19(28-15)21-11-24(20(16)27)22-18(26)13-8-17(25)23(10-13)14-6-4-12(2)5-7-14/h4-7,9,11,13H,3,8,10H2,1-2H3,(H,22,26)/t13-/m1/s1. The van der Waals surface area contributed by atoms with Crippen LogP contribution in [0.1, 0.15) is 23.8 Å². The number of nitrogens with one attached hydrogen (secondary N) is 1. The fourth-order valence-electron chi connectivity index (χ4n) is 3.29. The van der Waals surface area contributed by atoms with Crippen LogP contribution in [0.3, 0.4) is 0 Å². The molecule has 3 aromatic rings. The molecule has 1 fully saturated rings. The Morgan fingerprint density at radius 2 is 2.04 bits per heavy atom. The first kappa shape index (κ1) is 18.4. The van der Waals surface area contributed by atoms with E-state index < -0.39 is 5.92 Å². The van der Waals surface area contributed by atoms with Crippen LogP contribution in [-0.4, -0.2) is 28.0 Å². The second-order valence-corrected chi connectivity index (χ2v) is 8.04. The average Bonchev–Trinajstić information content (AvgIpc) is 3.28. The molecule has 0 aliphatic carbocycles. The third-order valence-corrected chi connectivity index (χ3v) is 6.11. The minimum absolute atomic E-state index is 0.102. The number of anilines is 1. The summed E-state index contributed by atoms with van der Waals surface area (Å²) in [5, 5.41) is 0.494. The van der Waals surface area contributed by atoms with Crippen LogP contribution in [0.2, 0.25) is 0 Å². The summed E-state index contributed by atoms with van der Waals surface area (Å²) < 4.78 is 1.11. The van der Waals surface area contributed by atoms with Crippen molar-refractivity contribution in [1.82, 2.24) is 9.66 Å². The van der Waals surface area contributed by atoms with Crippen LogP contribution in [0.15, 0.2) is 41.5 Å². The van der Waals surface area contributed by atoms with Crippen LogP contribution in [0.5, 0.6) is 0 Å². The van der Waals surface area contributed by atoms with Gasteiger partial charge < -0.3 is 4.90 Å². The van der Waals surface area contributed by atoms with Crippen molar-refractivity contribution in [2.75, 3.05) is 16.9 Å². The van der Waals surface area contributed by atoms with E-state index in [2.05, 4.69) is 10.4 Å². The van der Waals surface area contributed by atoms with Crippen molar-refractivity contribution >= 4 is 39.1 Å². The quantitative estimate of drug-likeness (QED) is 0.734. The summed E-state index contributed by atoms with van der Waals surface area (Å²) in [6.45, 7) is 4.28. The molecule has 3 heterocycles. The van der Waals surface area contributed by atoms with Gasteiger partial charge in [0.05, 0.1) is 11.3 Å². The number of aromatic nitrogens is 2. The lowest BCUT2D eigenvalue weighted by Crippen LogP contribution is -2.37. The average molecular weight is 396 g/mol. The van der Waals surface area contributed by atoms with Crippen molar-refractivity contribution in [3.63, 3.8) is 0 Å². The van der Waals surface area contributed by atoms with E-state index in [0.717, 1.165) is 27.2 Å². The minimum atomic E-state index is -0.523. The number of amides is 2. The molecule has 2 aromatic heterocycles. The maximum absolute atomic E-state index is 12.7. The number of thiophene rings is 1. The molecule has 144 valence electrons. The molecule has 8 heteroatoms. The van der Waals surface area contributed by atoms with Gasteiger partial charge in [-0.2, -0.15) is 0 Å². The molecule has 28 heavy (non-hydrogen) atoms. The zero-order chi connectivity index (χ0) is 19.8. The van der Waals surface area contributed by atoms with Gasteiger partial charge in [-0.25, -0.2) is 9.66 Å². The summed E-state index contributed by atoms with van der Waals surface area (Å²) >= 11 is 1.48. The fraction of sp³-hybridized carbons (Fsp3) is 0.300. The van der Waals surface area contributed by atoms with E-state index in [4.69, 9.17) is 0 Å². The van der Waals surface area contributed by atoms with Crippen molar-refractivity contribution in [3.05, 3.63) is 57.5 Å². The van der Waals surface area contributed by atoms with Crippen molar-refractivity contribution in [1.29, 1.82) is 0 Å². The van der Waals surface area contributed by atoms with E-state index in [1.54, 1.807) is 4.90 Å². The number of aryl methyl sites for hydroxylation is 2. The SMILES string of the molecule is CCc1cc2c(=O)n(NC(=O)[C@@H]3CC(=O)N(c4ccc(C)cc4)C3)cnc2s1. The van der Waals surface area contributed by atoms with E-state index >= 15 is 0 Å². The van der Waals surface area contributed by atoms with Crippen LogP contribution in [-0.2, 0) is 16.0 Å². The minimum Gasteiger partial charge on any atom is -0.312 e. The Bertz CT molecular complexity index is 1120. The molecule has 1 atom stereocenters. The van der Waals surface area contributed by atoms with Gasteiger partial charge in [0.1, 0.15) is 11.2 Å². The van der Waals surface area contributed by atoms with Gasteiger partial charge in [0.2, 0.25) is 11.8 Å². The Morgan fingerprint density at radius 1 is 1.29 bits per heavy atom. The molecule has 0 bridgehead atoms. The Kier molecular flexibility index (Phi) is 4.72. The molecule has 7 nitrogen and oxygen atoms in total. The highest BCUT2D eigenvalue weighted by Gasteiger charge is 2.35. The van der Waals surface area contributed by atoms with Crippen molar-refractivity contribution in [2.45, 2.75) is 26.7 Å². The molecule has 2 amide bonds. The van der Waals surface area contributed by atoms with Crippen molar-refractivity contribution < 1.29 is 9.59 Å². The normalized spacial score (nSPS) is 16.7. The number of hydrogen-bond donors (Lipinski definition) is 1. The predicted octanol–water partition coefficient (Wildman–Crippen LogP) is 2.45. The number of carbonyl (C=O) groups excluding carboxylic acids is 2. The topological polar surface area (TPSA) is 84.3 Å². The highest BCUT2D eigenvalue weighted by molar-refractivity contribution is 7.18. The summed E-state index contributed by atoms with van der Waals surface area (Å²) in [5.74, 6) is -0.988. The van der Waals surface area contributed by atoms with Crippen LogP contribution in [0.4, 0.5) is 5.69 Å².